The number of alkyl halides is 1. The summed E-state index contributed by atoms with van der Waals surface area (Å²) in [5, 5.41) is 1.40. The molecule has 0 aliphatic heterocycles. The van der Waals surface area contributed by atoms with E-state index < -0.39 is 0 Å². The predicted molar refractivity (Wildman–Crippen MR) is 90.2 cm³/mol. The lowest BCUT2D eigenvalue weighted by Gasteiger charge is -2.16. The Morgan fingerprint density at radius 3 is 2.45 bits per heavy atom. The van der Waals surface area contributed by atoms with E-state index >= 15 is 0 Å². The average Bonchev–Trinajstić information content (AvgIpc) is 2.44. The average molecular weight is 421 g/mol. The van der Waals surface area contributed by atoms with Crippen molar-refractivity contribution in [2.75, 3.05) is 5.33 Å². The molecule has 2 rings (SSSR count). The number of halogens is 4. The van der Waals surface area contributed by atoms with Gasteiger partial charge in [0.1, 0.15) is 5.82 Å². The van der Waals surface area contributed by atoms with E-state index in [9.17, 15) is 4.39 Å². The molecule has 0 bridgehead atoms. The van der Waals surface area contributed by atoms with Crippen LogP contribution in [0, 0.1) is 11.7 Å². The minimum absolute atomic E-state index is 0.188. The Labute approximate surface area is 140 Å². The summed E-state index contributed by atoms with van der Waals surface area (Å²) in [5.74, 6) is 0.133. The summed E-state index contributed by atoms with van der Waals surface area (Å²) in [6.07, 6.45) is 1.55. The van der Waals surface area contributed by atoms with Gasteiger partial charge in [0.2, 0.25) is 0 Å². The zero-order chi connectivity index (χ0) is 14.5. The highest BCUT2D eigenvalue weighted by Gasteiger charge is 2.14. The molecule has 0 spiro atoms. The second-order valence-corrected chi connectivity index (χ2v) is 6.69. The third-order valence-electron chi connectivity index (χ3n) is 3.20. The molecule has 0 amide bonds. The lowest BCUT2D eigenvalue weighted by atomic mass is 9.94. The lowest BCUT2D eigenvalue weighted by Crippen LogP contribution is -2.11. The van der Waals surface area contributed by atoms with Gasteiger partial charge in [-0.1, -0.05) is 61.7 Å². The molecule has 0 aliphatic carbocycles. The van der Waals surface area contributed by atoms with E-state index in [1.54, 1.807) is 12.1 Å². The Balaban J connectivity index is 2.13. The van der Waals surface area contributed by atoms with Crippen molar-refractivity contribution in [2.45, 2.75) is 12.8 Å². The van der Waals surface area contributed by atoms with E-state index in [1.807, 2.05) is 18.2 Å². The van der Waals surface area contributed by atoms with Crippen molar-refractivity contribution in [3.63, 3.8) is 0 Å². The molecule has 0 nitrogen and oxygen atoms in total. The first kappa shape index (κ1) is 16.0. The molecule has 0 fully saturated rings. The van der Waals surface area contributed by atoms with Crippen LogP contribution in [0.25, 0.3) is 0 Å². The standard InChI is InChI=1S/C16H14Br2ClF/c17-10-11(7-12-3-1-2-4-15(12)18)8-13-9-14(19)5-6-16(13)20/h1-6,9,11H,7-8,10H2. The fraction of sp³-hybridized carbons (Fsp3) is 0.250. The molecular formula is C16H14Br2ClF. The molecular weight excluding hydrogens is 406 g/mol. The fourth-order valence-electron chi connectivity index (χ4n) is 2.17. The smallest absolute Gasteiger partial charge is 0.126 e. The van der Waals surface area contributed by atoms with Crippen LogP contribution in [0.15, 0.2) is 46.9 Å². The highest BCUT2D eigenvalue weighted by molar-refractivity contribution is 9.10. The predicted octanol–water partition coefficient (Wildman–Crippen LogP) is 6.04. The van der Waals surface area contributed by atoms with Crippen LogP contribution in [0.3, 0.4) is 0 Å². The molecule has 2 aromatic rings. The Kier molecular flexibility index (Phi) is 6.06. The third kappa shape index (κ3) is 4.31. The van der Waals surface area contributed by atoms with Gasteiger partial charge in [-0.25, -0.2) is 4.39 Å². The summed E-state index contributed by atoms with van der Waals surface area (Å²) < 4.78 is 14.9. The van der Waals surface area contributed by atoms with Crippen molar-refractivity contribution >= 4 is 43.5 Å². The summed E-state index contributed by atoms with van der Waals surface area (Å²) in [6, 6.07) is 12.9. The molecule has 1 unspecified atom stereocenters. The van der Waals surface area contributed by atoms with E-state index in [-0.39, 0.29) is 5.82 Å². The lowest BCUT2D eigenvalue weighted by molar-refractivity contribution is 0.550. The Morgan fingerprint density at radius 1 is 1.05 bits per heavy atom. The zero-order valence-corrected chi connectivity index (χ0v) is 14.7. The molecule has 4 heteroatoms. The summed E-state index contributed by atoms with van der Waals surface area (Å²) >= 11 is 13.0. The number of benzene rings is 2. The van der Waals surface area contributed by atoms with Crippen LogP contribution in [-0.4, -0.2) is 5.33 Å². The third-order valence-corrected chi connectivity index (χ3v) is 5.13. The summed E-state index contributed by atoms with van der Waals surface area (Å²) in [5.41, 5.74) is 1.91. The first-order valence-corrected chi connectivity index (χ1v) is 8.62. The van der Waals surface area contributed by atoms with Crippen LogP contribution in [0.5, 0.6) is 0 Å². The normalized spacial score (nSPS) is 12.4. The largest absolute Gasteiger partial charge is 0.207 e. The summed E-state index contributed by atoms with van der Waals surface area (Å²) in [4.78, 5) is 0. The minimum Gasteiger partial charge on any atom is -0.207 e. The molecule has 0 aromatic heterocycles. The van der Waals surface area contributed by atoms with Gasteiger partial charge in [0.25, 0.3) is 0 Å². The van der Waals surface area contributed by atoms with Gasteiger partial charge in [0.05, 0.1) is 0 Å². The van der Waals surface area contributed by atoms with Crippen LogP contribution in [0.4, 0.5) is 4.39 Å². The maximum absolute atomic E-state index is 13.8. The number of rotatable bonds is 5. The van der Waals surface area contributed by atoms with Crippen molar-refractivity contribution in [2.24, 2.45) is 5.92 Å². The minimum atomic E-state index is -0.188. The second kappa shape index (κ2) is 7.58. The first-order valence-electron chi connectivity index (χ1n) is 6.33. The molecule has 0 saturated carbocycles. The van der Waals surface area contributed by atoms with Crippen LogP contribution >= 0.6 is 43.5 Å². The topological polar surface area (TPSA) is 0 Å². The van der Waals surface area contributed by atoms with Gasteiger partial charge in [-0.15, -0.1) is 0 Å². The van der Waals surface area contributed by atoms with Crippen molar-refractivity contribution in [1.29, 1.82) is 0 Å². The maximum atomic E-state index is 13.8. The quantitative estimate of drug-likeness (QED) is 0.518. The highest BCUT2D eigenvalue weighted by Crippen LogP contribution is 2.24. The van der Waals surface area contributed by atoms with E-state index in [1.165, 1.54) is 11.6 Å². The summed E-state index contributed by atoms with van der Waals surface area (Å²) in [7, 11) is 0. The SMILES string of the molecule is Fc1ccc(Cl)cc1CC(CBr)Cc1ccccc1Br. The molecule has 0 heterocycles. The van der Waals surface area contributed by atoms with Gasteiger partial charge < -0.3 is 0 Å². The van der Waals surface area contributed by atoms with Crippen molar-refractivity contribution in [1.82, 2.24) is 0 Å². The van der Waals surface area contributed by atoms with Crippen LogP contribution in [0.1, 0.15) is 11.1 Å². The molecule has 106 valence electrons. The van der Waals surface area contributed by atoms with Gasteiger partial charge in [0.15, 0.2) is 0 Å². The van der Waals surface area contributed by atoms with Gasteiger partial charge in [-0.3, -0.25) is 0 Å². The van der Waals surface area contributed by atoms with Gasteiger partial charge in [0, 0.05) is 14.8 Å². The highest BCUT2D eigenvalue weighted by atomic mass is 79.9. The Bertz CT molecular complexity index is 586. The zero-order valence-electron chi connectivity index (χ0n) is 10.8. The number of hydrogen-bond donors (Lipinski definition) is 0. The molecule has 0 saturated heterocycles. The fourth-order valence-corrected chi connectivity index (χ4v) is 3.27. The molecule has 1 atom stereocenters. The van der Waals surface area contributed by atoms with E-state index in [0.717, 1.165) is 16.2 Å². The van der Waals surface area contributed by atoms with Gasteiger partial charge in [-0.2, -0.15) is 0 Å². The van der Waals surface area contributed by atoms with Crippen LogP contribution < -0.4 is 0 Å². The Morgan fingerprint density at radius 2 is 1.75 bits per heavy atom. The van der Waals surface area contributed by atoms with Crippen molar-refractivity contribution in [3.8, 4) is 0 Å². The molecule has 20 heavy (non-hydrogen) atoms. The first-order chi connectivity index (χ1) is 9.60. The molecule has 0 radical (unpaired) electrons. The van der Waals surface area contributed by atoms with E-state index in [2.05, 4.69) is 37.9 Å². The molecule has 0 aliphatic rings. The monoisotopic (exact) mass is 418 g/mol. The van der Waals surface area contributed by atoms with Crippen LogP contribution in [-0.2, 0) is 12.8 Å². The molecule has 0 N–H and O–H groups in total. The number of hydrogen-bond acceptors (Lipinski definition) is 0. The second-order valence-electron chi connectivity index (χ2n) is 4.76. The summed E-state index contributed by atoms with van der Waals surface area (Å²) in [6.45, 7) is 0. The van der Waals surface area contributed by atoms with Gasteiger partial charge >= 0.3 is 0 Å². The Hall–Kier alpha value is -0.380. The van der Waals surface area contributed by atoms with Crippen molar-refractivity contribution < 1.29 is 4.39 Å². The van der Waals surface area contributed by atoms with Crippen LogP contribution in [0.2, 0.25) is 5.02 Å². The van der Waals surface area contributed by atoms with Crippen molar-refractivity contribution in [3.05, 3.63) is 68.9 Å². The van der Waals surface area contributed by atoms with Gasteiger partial charge in [-0.05, 0) is 54.2 Å². The van der Waals surface area contributed by atoms with E-state index in [0.29, 0.717) is 22.9 Å². The molecule has 2 aromatic carbocycles. The maximum Gasteiger partial charge on any atom is 0.126 e. The van der Waals surface area contributed by atoms with E-state index in [4.69, 9.17) is 11.6 Å².